The van der Waals surface area contributed by atoms with E-state index in [1.165, 1.54) is 0 Å². The molecule has 5 heteroatoms. The van der Waals surface area contributed by atoms with E-state index in [-0.39, 0.29) is 0 Å². The van der Waals surface area contributed by atoms with E-state index in [0.717, 1.165) is 5.56 Å². The van der Waals surface area contributed by atoms with Gasteiger partial charge >= 0.3 is 6.09 Å². The van der Waals surface area contributed by atoms with E-state index >= 15 is 0 Å². The Morgan fingerprint density at radius 3 is 2.71 bits per heavy atom. The Balaban J connectivity index is 2.47. The highest BCUT2D eigenvalue weighted by Gasteiger charge is 2.15. The molecule has 1 aromatic heterocycles. The summed E-state index contributed by atoms with van der Waals surface area (Å²) < 4.78 is 10.2. The van der Waals surface area contributed by atoms with Gasteiger partial charge in [0.2, 0.25) is 6.20 Å². The van der Waals surface area contributed by atoms with Crippen LogP contribution in [0.1, 0.15) is 26.3 Å². The number of H-pyrrole nitrogens is 1. The Morgan fingerprint density at radius 1 is 1.41 bits per heavy atom. The van der Waals surface area contributed by atoms with E-state index in [1.54, 1.807) is 19.5 Å². The van der Waals surface area contributed by atoms with Gasteiger partial charge in [0.15, 0.2) is 11.9 Å². The molecular weight excluding hydrogens is 220 g/mol. The van der Waals surface area contributed by atoms with Crippen LogP contribution in [0.25, 0.3) is 0 Å². The molecule has 0 aliphatic carbocycles. The first-order chi connectivity index (χ1) is 7.90. The molecule has 1 amide bonds. The smallest absolute Gasteiger partial charge is 0.407 e. The van der Waals surface area contributed by atoms with Crippen LogP contribution in [0.2, 0.25) is 0 Å². The van der Waals surface area contributed by atoms with Crippen LogP contribution in [0, 0.1) is 0 Å². The van der Waals surface area contributed by atoms with Crippen molar-refractivity contribution < 1.29 is 19.3 Å². The van der Waals surface area contributed by atoms with E-state index in [9.17, 15) is 4.79 Å². The predicted molar refractivity (Wildman–Crippen MR) is 62.6 cm³/mol. The maximum absolute atomic E-state index is 11.4. The lowest BCUT2D eigenvalue weighted by atomic mass is 10.2. The van der Waals surface area contributed by atoms with Crippen molar-refractivity contribution >= 4 is 6.09 Å². The quantitative estimate of drug-likeness (QED) is 0.870. The summed E-state index contributed by atoms with van der Waals surface area (Å²) in [6, 6.07) is 1.84. The average molecular weight is 239 g/mol. The lowest BCUT2D eigenvalue weighted by Crippen LogP contribution is -2.32. The molecule has 0 aliphatic rings. The Morgan fingerprint density at radius 2 is 2.12 bits per heavy atom. The van der Waals surface area contributed by atoms with E-state index in [2.05, 4.69) is 10.3 Å². The number of carbonyl (C=O) groups is 1. The lowest BCUT2D eigenvalue weighted by molar-refractivity contribution is -0.379. The van der Waals surface area contributed by atoms with Gasteiger partial charge in [-0.15, -0.1) is 0 Å². The van der Waals surface area contributed by atoms with Crippen LogP contribution in [0.5, 0.6) is 5.75 Å². The third-order valence-corrected chi connectivity index (χ3v) is 1.89. The number of hydrogen-bond acceptors (Lipinski definition) is 3. The standard InChI is InChI=1S/C12H18N2O3/c1-12(2,3)17-11(15)14-7-9-5-10(16-4)8-13-6-9/h5-6,8H,7H2,1-4H3,(H,14,15)/p+1. The summed E-state index contributed by atoms with van der Waals surface area (Å²) in [6.07, 6.45) is 3.09. The second-order valence-electron chi connectivity index (χ2n) is 4.64. The zero-order valence-corrected chi connectivity index (χ0v) is 10.7. The minimum atomic E-state index is -0.482. The minimum absolute atomic E-state index is 0.391. The fraction of sp³-hybridized carbons (Fsp3) is 0.500. The van der Waals surface area contributed by atoms with Crippen molar-refractivity contribution in [3.8, 4) is 5.75 Å². The van der Waals surface area contributed by atoms with Gasteiger partial charge in [-0.3, -0.25) is 0 Å². The highest BCUT2D eigenvalue weighted by atomic mass is 16.6. The molecule has 0 radical (unpaired) electrons. The van der Waals surface area contributed by atoms with Gasteiger partial charge in [0, 0.05) is 5.56 Å². The maximum atomic E-state index is 11.4. The Bertz CT molecular complexity index is 386. The van der Waals surface area contributed by atoms with Crippen molar-refractivity contribution in [2.75, 3.05) is 7.11 Å². The Labute approximate surface area is 101 Å². The number of aromatic nitrogens is 1. The summed E-state index contributed by atoms with van der Waals surface area (Å²) >= 11 is 0. The molecule has 0 bridgehead atoms. The van der Waals surface area contributed by atoms with Crippen LogP contribution < -0.4 is 15.0 Å². The van der Waals surface area contributed by atoms with Crippen molar-refractivity contribution in [3.63, 3.8) is 0 Å². The van der Waals surface area contributed by atoms with Crippen LogP contribution >= 0.6 is 0 Å². The van der Waals surface area contributed by atoms with Gasteiger partial charge in [-0.05, 0) is 26.8 Å². The fourth-order valence-electron chi connectivity index (χ4n) is 1.21. The summed E-state index contributed by atoms with van der Waals surface area (Å²) in [5.41, 5.74) is 0.431. The summed E-state index contributed by atoms with van der Waals surface area (Å²) in [5.74, 6) is 0.716. The Kier molecular flexibility index (Phi) is 4.31. The zero-order chi connectivity index (χ0) is 12.9. The van der Waals surface area contributed by atoms with Gasteiger partial charge in [0.1, 0.15) is 5.60 Å². The van der Waals surface area contributed by atoms with Gasteiger partial charge in [0.25, 0.3) is 0 Å². The van der Waals surface area contributed by atoms with Gasteiger partial charge in [0.05, 0.1) is 13.7 Å². The molecule has 0 unspecified atom stereocenters. The number of ether oxygens (including phenoxy) is 2. The van der Waals surface area contributed by atoms with Gasteiger partial charge in [-0.25, -0.2) is 9.78 Å². The third-order valence-electron chi connectivity index (χ3n) is 1.89. The normalized spacial score (nSPS) is 10.8. The molecule has 1 heterocycles. The molecule has 0 aromatic carbocycles. The van der Waals surface area contributed by atoms with E-state index in [1.807, 2.05) is 26.8 Å². The number of pyridine rings is 1. The molecule has 0 saturated carbocycles. The van der Waals surface area contributed by atoms with Gasteiger partial charge in [-0.2, -0.15) is 0 Å². The van der Waals surface area contributed by atoms with Gasteiger partial charge < -0.3 is 14.8 Å². The van der Waals surface area contributed by atoms with Gasteiger partial charge in [-0.1, -0.05) is 0 Å². The molecule has 0 atom stereocenters. The number of aromatic amines is 1. The van der Waals surface area contributed by atoms with Crippen LogP contribution in [0.15, 0.2) is 18.5 Å². The molecule has 0 fully saturated rings. The largest absolute Gasteiger partial charge is 0.491 e. The molecule has 5 nitrogen and oxygen atoms in total. The topological polar surface area (TPSA) is 61.7 Å². The number of nitrogens with one attached hydrogen (secondary N) is 2. The third kappa shape index (κ3) is 5.19. The van der Waals surface area contributed by atoms with Crippen molar-refractivity contribution in [1.82, 2.24) is 5.32 Å². The zero-order valence-electron chi connectivity index (χ0n) is 10.7. The van der Waals surface area contributed by atoms with E-state index in [0.29, 0.717) is 12.3 Å². The molecule has 0 spiro atoms. The van der Waals surface area contributed by atoms with Crippen molar-refractivity contribution in [2.24, 2.45) is 0 Å². The molecule has 2 N–H and O–H groups in total. The summed E-state index contributed by atoms with van der Waals surface area (Å²) in [4.78, 5) is 14.3. The summed E-state index contributed by atoms with van der Waals surface area (Å²) in [7, 11) is 1.59. The first kappa shape index (κ1) is 13.3. The molecule has 17 heavy (non-hydrogen) atoms. The second kappa shape index (κ2) is 5.52. The summed E-state index contributed by atoms with van der Waals surface area (Å²) in [5, 5.41) is 2.67. The van der Waals surface area contributed by atoms with E-state index in [4.69, 9.17) is 9.47 Å². The number of rotatable bonds is 3. The number of carbonyl (C=O) groups excluding carboxylic acids is 1. The van der Waals surface area contributed by atoms with Crippen molar-refractivity contribution in [3.05, 3.63) is 24.0 Å². The number of amides is 1. The van der Waals surface area contributed by atoms with Crippen molar-refractivity contribution in [1.29, 1.82) is 0 Å². The van der Waals surface area contributed by atoms with Crippen LogP contribution in [-0.2, 0) is 11.3 Å². The SMILES string of the molecule is COc1c[nH+]cc(CNC(=O)OC(C)(C)C)c1. The predicted octanol–water partition coefficient (Wildman–Crippen LogP) is 1.53. The molecule has 0 aliphatic heterocycles. The first-order valence-electron chi connectivity index (χ1n) is 5.41. The molecule has 94 valence electrons. The summed E-state index contributed by atoms with van der Waals surface area (Å²) in [6.45, 7) is 5.87. The molecular formula is C12H19N2O3+. The second-order valence-corrected chi connectivity index (χ2v) is 4.64. The highest BCUT2D eigenvalue weighted by Crippen LogP contribution is 2.09. The number of alkyl carbamates (subject to hydrolysis) is 1. The number of hydrogen-bond donors (Lipinski definition) is 1. The number of methoxy groups -OCH3 is 1. The lowest BCUT2D eigenvalue weighted by Gasteiger charge is -2.19. The molecule has 1 aromatic rings. The monoisotopic (exact) mass is 239 g/mol. The van der Waals surface area contributed by atoms with E-state index < -0.39 is 11.7 Å². The van der Waals surface area contributed by atoms with Crippen LogP contribution in [0.3, 0.4) is 0 Å². The van der Waals surface area contributed by atoms with Crippen LogP contribution in [-0.4, -0.2) is 18.8 Å². The highest BCUT2D eigenvalue weighted by molar-refractivity contribution is 5.67. The van der Waals surface area contributed by atoms with Crippen LogP contribution in [0.4, 0.5) is 4.79 Å². The minimum Gasteiger partial charge on any atom is -0.491 e. The molecule has 1 rings (SSSR count). The fourth-order valence-corrected chi connectivity index (χ4v) is 1.21. The Hall–Kier alpha value is -1.78. The first-order valence-corrected chi connectivity index (χ1v) is 5.41. The van der Waals surface area contributed by atoms with Crippen molar-refractivity contribution in [2.45, 2.75) is 32.9 Å². The maximum Gasteiger partial charge on any atom is 0.407 e. The average Bonchev–Trinajstić information content (AvgIpc) is 2.24. The molecule has 0 saturated heterocycles.